The van der Waals surface area contributed by atoms with Gasteiger partial charge in [-0.05, 0) is 48.1 Å². The third-order valence-electron chi connectivity index (χ3n) is 1.65. The highest BCUT2D eigenvalue weighted by Gasteiger charge is 2.11. The van der Waals surface area contributed by atoms with Gasteiger partial charge in [-0.3, -0.25) is 4.79 Å². The van der Waals surface area contributed by atoms with Crippen LogP contribution >= 0.6 is 22.6 Å². The Kier molecular flexibility index (Phi) is 2.82. The molecule has 0 bridgehead atoms. The van der Waals surface area contributed by atoms with Gasteiger partial charge in [-0.2, -0.15) is 0 Å². The van der Waals surface area contributed by atoms with Crippen LogP contribution in [-0.4, -0.2) is 5.78 Å². The van der Waals surface area contributed by atoms with Crippen molar-refractivity contribution >= 4 is 28.4 Å². The van der Waals surface area contributed by atoms with E-state index in [9.17, 15) is 9.18 Å². The van der Waals surface area contributed by atoms with Gasteiger partial charge in [0.15, 0.2) is 5.78 Å². The first kappa shape index (κ1) is 9.64. The van der Waals surface area contributed by atoms with Gasteiger partial charge >= 0.3 is 0 Å². The van der Waals surface area contributed by atoms with Crippen LogP contribution in [0, 0.1) is 16.3 Å². The minimum atomic E-state index is -0.400. The second-order valence-corrected chi connectivity index (χ2v) is 3.69. The zero-order valence-electron chi connectivity index (χ0n) is 6.82. The lowest BCUT2D eigenvalue weighted by Gasteiger charge is -2.03. The van der Waals surface area contributed by atoms with Gasteiger partial charge in [-0.15, -0.1) is 0 Å². The van der Waals surface area contributed by atoms with Crippen LogP contribution in [0.15, 0.2) is 12.1 Å². The van der Waals surface area contributed by atoms with E-state index in [0.717, 1.165) is 5.56 Å². The van der Waals surface area contributed by atoms with Crippen LogP contribution in [0.4, 0.5) is 4.39 Å². The molecule has 0 atom stereocenters. The molecule has 0 fully saturated rings. The molecule has 0 aliphatic heterocycles. The molecule has 0 N–H and O–H groups in total. The predicted octanol–water partition coefficient (Wildman–Crippen LogP) is 2.94. The van der Waals surface area contributed by atoms with E-state index >= 15 is 0 Å². The topological polar surface area (TPSA) is 17.1 Å². The minimum absolute atomic E-state index is 0.171. The number of benzene rings is 1. The Morgan fingerprint density at radius 2 is 2.08 bits per heavy atom. The lowest BCUT2D eigenvalue weighted by molar-refractivity contribution is 0.101. The van der Waals surface area contributed by atoms with Gasteiger partial charge in [0.25, 0.3) is 0 Å². The average molecular weight is 278 g/mol. The molecule has 1 rings (SSSR count). The molecular weight excluding hydrogens is 270 g/mol. The Bertz CT molecular complexity index is 334. The van der Waals surface area contributed by atoms with Gasteiger partial charge in [0.05, 0.1) is 9.13 Å². The fraction of sp³-hybridized carbons (Fsp3) is 0.222. The number of hydrogen-bond donors (Lipinski definition) is 0. The van der Waals surface area contributed by atoms with E-state index in [1.54, 1.807) is 6.07 Å². The third-order valence-corrected chi connectivity index (χ3v) is 2.98. The van der Waals surface area contributed by atoms with Crippen LogP contribution in [-0.2, 0) is 0 Å². The maximum absolute atomic E-state index is 13.3. The molecule has 3 heteroatoms. The zero-order valence-corrected chi connectivity index (χ0v) is 8.98. The Morgan fingerprint density at radius 1 is 1.50 bits per heavy atom. The summed E-state index contributed by atoms with van der Waals surface area (Å²) in [7, 11) is 0. The number of Topliss-reactive ketones (excluding diaryl/α,β-unsaturated/α-hetero) is 1. The molecule has 64 valence electrons. The lowest BCUT2D eigenvalue weighted by atomic mass is 10.1. The summed E-state index contributed by atoms with van der Waals surface area (Å²) in [6.45, 7) is 3.18. The lowest BCUT2D eigenvalue weighted by Crippen LogP contribution is -2.00. The summed E-state index contributed by atoms with van der Waals surface area (Å²) in [5.74, 6) is -0.631. The summed E-state index contributed by atoms with van der Waals surface area (Å²) in [5, 5.41) is 0. The number of hydrogen-bond acceptors (Lipinski definition) is 1. The predicted molar refractivity (Wildman–Crippen MR) is 53.9 cm³/mol. The van der Waals surface area contributed by atoms with Gasteiger partial charge in [-0.1, -0.05) is 6.07 Å². The first-order valence-corrected chi connectivity index (χ1v) is 4.57. The highest BCUT2D eigenvalue weighted by molar-refractivity contribution is 14.1. The normalized spacial score (nSPS) is 10.0. The molecule has 1 aromatic carbocycles. The number of aryl methyl sites for hydroxylation is 1. The van der Waals surface area contributed by atoms with Gasteiger partial charge < -0.3 is 0 Å². The van der Waals surface area contributed by atoms with Crippen LogP contribution in [0.1, 0.15) is 22.8 Å². The third kappa shape index (κ3) is 1.65. The summed E-state index contributed by atoms with van der Waals surface area (Å²) >= 11 is 1.90. The molecule has 0 unspecified atom stereocenters. The standard InChI is InChI=1S/C9H8FIO/c1-5-3-4-7(6(2)12)8(10)9(5)11/h3-4H,1-2H3. The first-order chi connectivity index (χ1) is 5.54. The van der Waals surface area contributed by atoms with E-state index in [4.69, 9.17) is 0 Å². The Balaban J connectivity index is 3.36. The molecule has 0 saturated heterocycles. The van der Waals surface area contributed by atoms with Crippen molar-refractivity contribution in [3.8, 4) is 0 Å². The summed E-state index contributed by atoms with van der Waals surface area (Å²) in [4.78, 5) is 10.9. The van der Waals surface area contributed by atoms with Crippen molar-refractivity contribution in [1.82, 2.24) is 0 Å². The quantitative estimate of drug-likeness (QED) is 0.570. The van der Waals surface area contributed by atoms with E-state index in [-0.39, 0.29) is 11.3 Å². The van der Waals surface area contributed by atoms with Crippen LogP contribution in [0.25, 0.3) is 0 Å². The maximum Gasteiger partial charge on any atom is 0.162 e. The number of carbonyl (C=O) groups is 1. The van der Waals surface area contributed by atoms with E-state index in [1.807, 2.05) is 29.5 Å². The summed E-state index contributed by atoms with van der Waals surface area (Å²) in [5.41, 5.74) is 1.03. The first-order valence-electron chi connectivity index (χ1n) is 3.49. The molecule has 1 aromatic rings. The number of halogens is 2. The van der Waals surface area contributed by atoms with E-state index in [1.165, 1.54) is 13.0 Å². The second kappa shape index (κ2) is 3.51. The van der Waals surface area contributed by atoms with Crippen LogP contribution in [0.3, 0.4) is 0 Å². The molecule has 12 heavy (non-hydrogen) atoms. The van der Waals surface area contributed by atoms with Crippen LogP contribution in [0.5, 0.6) is 0 Å². The molecule has 0 radical (unpaired) electrons. The van der Waals surface area contributed by atoms with Crippen LogP contribution in [0.2, 0.25) is 0 Å². The van der Waals surface area contributed by atoms with Crippen molar-refractivity contribution in [1.29, 1.82) is 0 Å². The minimum Gasteiger partial charge on any atom is -0.294 e. The molecular formula is C9H8FIO. The smallest absolute Gasteiger partial charge is 0.162 e. The Morgan fingerprint density at radius 3 is 2.58 bits per heavy atom. The Hall–Kier alpha value is -0.450. The van der Waals surface area contributed by atoms with Crippen molar-refractivity contribution in [2.75, 3.05) is 0 Å². The van der Waals surface area contributed by atoms with E-state index in [0.29, 0.717) is 3.57 Å². The van der Waals surface area contributed by atoms with Gasteiger partial charge in [0.2, 0.25) is 0 Å². The average Bonchev–Trinajstić information content (AvgIpc) is 2.00. The van der Waals surface area contributed by atoms with Crippen molar-refractivity contribution in [2.45, 2.75) is 13.8 Å². The molecule has 0 aromatic heterocycles. The van der Waals surface area contributed by atoms with Gasteiger partial charge in [0, 0.05) is 0 Å². The van der Waals surface area contributed by atoms with Crippen LogP contribution < -0.4 is 0 Å². The molecule has 1 nitrogen and oxygen atoms in total. The molecule has 0 aliphatic carbocycles. The largest absolute Gasteiger partial charge is 0.294 e. The number of carbonyl (C=O) groups excluding carboxylic acids is 1. The fourth-order valence-electron chi connectivity index (χ4n) is 0.918. The fourth-order valence-corrected chi connectivity index (χ4v) is 1.39. The molecule has 0 aliphatic rings. The highest BCUT2D eigenvalue weighted by atomic mass is 127. The molecule has 0 saturated carbocycles. The number of rotatable bonds is 1. The van der Waals surface area contributed by atoms with E-state index in [2.05, 4.69) is 0 Å². The zero-order chi connectivity index (χ0) is 9.30. The van der Waals surface area contributed by atoms with Gasteiger partial charge in [0.1, 0.15) is 5.82 Å². The summed E-state index contributed by atoms with van der Waals surface area (Å²) in [6.07, 6.45) is 0. The van der Waals surface area contributed by atoms with Crippen molar-refractivity contribution in [2.24, 2.45) is 0 Å². The van der Waals surface area contributed by atoms with Crippen molar-refractivity contribution < 1.29 is 9.18 Å². The molecule has 0 spiro atoms. The summed E-state index contributed by atoms with van der Waals surface area (Å²) in [6, 6.07) is 3.27. The number of ketones is 1. The van der Waals surface area contributed by atoms with Gasteiger partial charge in [-0.25, -0.2) is 4.39 Å². The van der Waals surface area contributed by atoms with Crippen molar-refractivity contribution in [3.05, 3.63) is 32.6 Å². The Labute approximate surface area is 84.1 Å². The highest BCUT2D eigenvalue weighted by Crippen LogP contribution is 2.19. The second-order valence-electron chi connectivity index (χ2n) is 2.61. The SMILES string of the molecule is CC(=O)c1ccc(C)c(I)c1F. The summed E-state index contributed by atoms with van der Waals surface area (Å²) < 4.78 is 13.8. The van der Waals surface area contributed by atoms with E-state index < -0.39 is 5.82 Å². The molecule has 0 heterocycles. The molecule has 0 amide bonds. The monoisotopic (exact) mass is 278 g/mol. The van der Waals surface area contributed by atoms with Crippen molar-refractivity contribution in [3.63, 3.8) is 0 Å². The maximum atomic E-state index is 13.3.